The fourth-order valence-corrected chi connectivity index (χ4v) is 5.60. The van der Waals surface area contributed by atoms with E-state index in [0.717, 1.165) is 31.9 Å². The fraction of sp³-hybridized carbons (Fsp3) is 0.208. The van der Waals surface area contributed by atoms with Crippen molar-refractivity contribution < 1.29 is 14.3 Å². The van der Waals surface area contributed by atoms with Crippen LogP contribution in [0.1, 0.15) is 43.0 Å². The van der Waals surface area contributed by atoms with Crippen LogP contribution in [0.4, 0.5) is 5.00 Å². The molecule has 0 atom stereocenters. The maximum absolute atomic E-state index is 13.4. The maximum atomic E-state index is 13.4. The second kappa shape index (κ2) is 8.61. The van der Waals surface area contributed by atoms with E-state index in [1.807, 2.05) is 63.2 Å². The molecule has 0 spiro atoms. The van der Waals surface area contributed by atoms with Gasteiger partial charge in [-0.3, -0.25) is 4.79 Å². The summed E-state index contributed by atoms with van der Waals surface area (Å²) in [6, 6.07) is 13.5. The number of amides is 1. The Morgan fingerprint density at radius 3 is 2.55 bits per heavy atom. The fourth-order valence-electron chi connectivity index (χ4n) is 3.64. The van der Waals surface area contributed by atoms with Crippen molar-refractivity contribution in [1.82, 2.24) is 4.98 Å². The van der Waals surface area contributed by atoms with Crippen molar-refractivity contribution in [1.29, 1.82) is 0 Å². The zero-order valence-electron chi connectivity index (χ0n) is 17.7. The number of anilines is 1. The van der Waals surface area contributed by atoms with Crippen LogP contribution in [-0.2, 0) is 11.2 Å². The minimum Gasteiger partial charge on any atom is -0.465 e. The Balaban J connectivity index is 1.81. The van der Waals surface area contributed by atoms with Crippen molar-refractivity contribution in [2.45, 2.75) is 27.2 Å². The van der Waals surface area contributed by atoms with Gasteiger partial charge in [-0.25, -0.2) is 9.78 Å². The van der Waals surface area contributed by atoms with Gasteiger partial charge in [0.15, 0.2) is 0 Å². The van der Waals surface area contributed by atoms with Crippen molar-refractivity contribution >= 4 is 50.5 Å². The Morgan fingerprint density at radius 2 is 1.87 bits per heavy atom. The lowest BCUT2D eigenvalue weighted by Gasteiger charge is -2.10. The first kappa shape index (κ1) is 21.2. The second-order valence-corrected chi connectivity index (χ2v) is 9.64. The van der Waals surface area contributed by atoms with Gasteiger partial charge in [-0.05, 0) is 50.1 Å². The molecule has 0 unspecified atom stereocenters. The number of rotatable bonds is 5. The van der Waals surface area contributed by atoms with Gasteiger partial charge in [0.2, 0.25) is 0 Å². The Hall–Kier alpha value is -3.03. The Kier molecular flexibility index (Phi) is 5.89. The zero-order valence-corrected chi connectivity index (χ0v) is 19.4. The number of esters is 1. The average Bonchev–Trinajstić information content (AvgIpc) is 3.34. The van der Waals surface area contributed by atoms with Crippen LogP contribution in [0.25, 0.3) is 21.5 Å². The molecule has 0 radical (unpaired) electrons. The maximum Gasteiger partial charge on any atom is 0.341 e. The molecule has 0 fully saturated rings. The van der Waals surface area contributed by atoms with E-state index in [4.69, 9.17) is 9.72 Å². The van der Waals surface area contributed by atoms with Gasteiger partial charge in [0.05, 0.1) is 34.3 Å². The molecule has 5 nitrogen and oxygen atoms in total. The molecule has 0 saturated heterocycles. The minimum absolute atomic E-state index is 0.276. The van der Waals surface area contributed by atoms with Gasteiger partial charge in [0.25, 0.3) is 5.91 Å². The zero-order chi connectivity index (χ0) is 22.1. The van der Waals surface area contributed by atoms with E-state index in [0.29, 0.717) is 22.5 Å². The first-order valence-corrected chi connectivity index (χ1v) is 11.5. The van der Waals surface area contributed by atoms with Crippen molar-refractivity contribution in [2.75, 3.05) is 12.4 Å². The summed E-state index contributed by atoms with van der Waals surface area (Å²) in [5.74, 6) is -0.715. The number of ether oxygens (including phenoxy) is 1. The molecule has 1 N–H and O–H groups in total. The van der Waals surface area contributed by atoms with E-state index in [9.17, 15) is 9.59 Å². The number of hydrogen-bond acceptors (Lipinski definition) is 6. The highest BCUT2D eigenvalue weighted by atomic mass is 32.1. The van der Waals surface area contributed by atoms with Gasteiger partial charge in [0, 0.05) is 15.1 Å². The molecular weight excluding hydrogens is 428 g/mol. The first-order chi connectivity index (χ1) is 14.9. The monoisotopic (exact) mass is 450 g/mol. The molecule has 158 valence electrons. The number of thiophene rings is 2. The number of benzene rings is 1. The Bertz CT molecular complexity index is 1300. The number of fused-ring (bicyclic) bond motifs is 1. The molecule has 4 rings (SSSR count). The Labute approximate surface area is 188 Å². The lowest BCUT2D eigenvalue weighted by Crippen LogP contribution is -2.15. The summed E-state index contributed by atoms with van der Waals surface area (Å²) in [5, 5.41) is 4.25. The molecule has 0 saturated carbocycles. The predicted molar refractivity (Wildman–Crippen MR) is 128 cm³/mol. The molecule has 0 aliphatic heterocycles. The van der Waals surface area contributed by atoms with E-state index in [-0.39, 0.29) is 5.91 Å². The number of nitrogens with one attached hydrogen (secondary N) is 1. The van der Waals surface area contributed by atoms with E-state index in [1.54, 1.807) is 11.3 Å². The normalized spacial score (nSPS) is 11.0. The molecule has 31 heavy (non-hydrogen) atoms. The van der Waals surface area contributed by atoms with Crippen LogP contribution in [0, 0.1) is 13.8 Å². The van der Waals surface area contributed by atoms with Crippen LogP contribution in [0.2, 0.25) is 0 Å². The predicted octanol–water partition coefficient (Wildman–Crippen LogP) is 6.24. The molecular formula is C24H22N2O3S2. The molecule has 0 aliphatic carbocycles. The molecule has 7 heteroatoms. The number of aryl methyl sites for hydroxylation is 2. The van der Waals surface area contributed by atoms with E-state index in [2.05, 4.69) is 5.32 Å². The third-order valence-electron chi connectivity index (χ3n) is 5.13. The summed E-state index contributed by atoms with van der Waals surface area (Å²) in [6.45, 7) is 5.98. The lowest BCUT2D eigenvalue weighted by molar-refractivity contribution is 0.0601. The summed E-state index contributed by atoms with van der Waals surface area (Å²) in [4.78, 5) is 33.8. The highest BCUT2D eigenvalue weighted by Gasteiger charge is 2.24. The second-order valence-electron chi connectivity index (χ2n) is 7.12. The number of pyridine rings is 1. The summed E-state index contributed by atoms with van der Waals surface area (Å²) in [5.41, 5.74) is 3.37. The van der Waals surface area contributed by atoms with Gasteiger partial charge < -0.3 is 10.1 Å². The number of nitrogens with zero attached hydrogens (tertiary/aromatic N) is 1. The lowest BCUT2D eigenvalue weighted by atomic mass is 10.1. The number of methoxy groups -OCH3 is 1. The largest absolute Gasteiger partial charge is 0.465 e. The molecule has 4 aromatic rings. The third-order valence-corrected chi connectivity index (χ3v) is 7.22. The van der Waals surface area contributed by atoms with Gasteiger partial charge in [-0.2, -0.15) is 0 Å². The van der Waals surface area contributed by atoms with Crippen LogP contribution in [0.3, 0.4) is 0 Å². The number of aromatic nitrogens is 1. The van der Waals surface area contributed by atoms with Crippen molar-refractivity contribution in [3.05, 3.63) is 68.9 Å². The van der Waals surface area contributed by atoms with E-state index in [1.165, 1.54) is 23.3 Å². The van der Waals surface area contributed by atoms with Crippen LogP contribution in [0.15, 0.2) is 42.5 Å². The minimum atomic E-state index is -0.439. The number of carbonyl (C=O) groups excluding carboxylic acids is 2. The van der Waals surface area contributed by atoms with Gasteiger partial charge in [0.1, 0.15) is 5.00 Å². The van der Waals surface area contributed by atoms with Crippen molar-refractivity contribution in [3.8, 4) is 10.6 Å². The molecule has 0 bridgehead atoms. The SMILES string of the molecule is CCc1c(C)sc(NC(=O)c2cc(-c3ccc(C)s3)nc3ccccc23)c1C(=O)OC. The molecule has 0 aliphatic rings. The molecule has 1 aromatic carbocycles. The van der Waals surface area contributed by atoms with E-state index >= 15 is 0 Å². The molecule has 3 aromatic heterocycles. The number of carbonyl (C=O) groups is 2. The van der Waals surface area contributed by atoms with Gasteiger partial charge in [-0.1, -0.05) is 25.1 Å². The standard InChI is InChI=1S/C24H22N2O3S2/c1-5-15-14(3)31-23(21(15)24(28)29-4)26-22(27)17-12-19(20-11-10-13(2)30-20)25-18-9-7-6-8-16(17)18/h6-12H,5H2,1-4H3,(H,26,27). The van der Waals surface area contributed by atoms with Crippen LogP contribution in [0.5, 0.6) is 0 Å². The highest BCUT2D eigenvalue weighted by molar-refractivity contribution is 7.17. The summed E-state index contributed by atoms with van der Waals surface area (Å²) in [6.07, 6.45) is 0.683. The summed E-state index contributed by atoms with van der Waals surface area (Å²) in [7, 11) is 1.35. The highest BCUT2D eigenvalue weighted by Crippen LogP contribution is 2.35. The topological polar surface area (TPSA) is 68.3 Å². The van der Waals surface area contributed by atoms with Gasteiger partial charge in [-0.15, -0.1) is 22.7 Å². The average molecular weight is 451 g/mol. The first-order valence-electron chi connectivity index (χ1n) is 9.91. The van der Waals surface area contributed by atoms with E-state index < -0.39 is 5.97 Å². The van der Waals surface area contributed by atoms with Crippen LogP contribution >= 0.6 is 22.7 Å². The number of hydrogen-bond donors (Lipinski definition) is 1. The van der Waals surface area contributed by atoms with Crippen LogP contribution in [-0.4, -0.2) is 24.0 Å². The van der Waals surface area contributed by atoms with Crippen molar-refractivity contribution in [2.24, 2.45) is 0 Å². The summed E-state index contributed by atoms with van der Waals surface area (Å²) >= 11 is 3.03. The van der Waals surface area contributed by atoms with Crippen molar-refractivity contribution in [3.63, 3.8) is 0 Å². The quantitative estimate of drug-likeness (QED) is 0.365. The molecule has 1 amide bonds. The Morgan fingerprint density at radius 1 is 1.10 bits per heavy atom. The number of para-hydroxylation sites is 1. The van der Waals surface area contributed by atoms with Crippen LogP contribution < -0.4 is 5.32 Å². The third kappa shape index (κ3) is 3.98. The van der Waals surface area contributed by atoms with Gasteiger partial charge >= 0.3 is 5.97 Å². The smallest absolute Gasteiger partial charge is 0.341 e. The summed E-state index contributed by atoms with van der Waals surface area (Å²) < 4.78 is 4.98. The molecule has 3 heterocycles.